The van der Waals surface area contributed by atoms with Gasteiger partial charge in [-0.15, -0.1) is 0 Å². The molecule has 5 rings (SSSR count). The predicted octanol–water partition coefficient (Wildman–Crippen LogP) is 4.07. The summed E-state index contributed by atoms with van der Waals surface area (Å²) in [6, 6.07) is 0. The van der Waals surface area contributed by atoms with Crippen LogP contribution in [0.3, 0.4) is 0 Å². The molecule has 5 fully saturated rings. The van der Waals surface area contributed by atoms with Crippen molar-refractivity contribution in [2.45, 2.75) is 90.1 Å². The SMILES string of the molecule is CCCCC(CCC1OC2CC3CCC2CC3O1)C(=O)OCC. The van der Waals surface area contributed by atoms with E-state index in [1.807, 2.05) is 6.92 Å². The van der Waals surface area contributed by atoms with Gasteiger partial charge >= 0.3 is 5.97 Å². The lowest BCUT2D eigenvalue weighted by atomic mass is 9.67. The van der Waals surface area contributed by atoms with E-state index in [-0.39, 0.29) is 18.2 Å². The first-order valence-electron chi connectivity index (χ1n) is 9.68. The molecule has 5 atom stereocenters. The van der Waals surface area contributed by atoms with Gasteiger partial charge in [0, 0.05) is 0 Å². The molecule has 0 radical (unpaired) electrons. The molecule has 0 aromatic heterocycles. The lowest BCUT2D eigenvalue weighted by Gasteiger charge is -2.42. The first-order valence-corrected chi connectivity index (χ1v) is 9.68. The summed E-state index contributed by atoms with van der Waals surface area (Å²) in [5.74, 6) is 1.37. The Balaban J connectivity index is 1.52. The average molecular weight is 324 g/mol. The zero-order valence-corrected chi connectivity index (χ0v) is 14.7. The molecule has 0 aromatic carbocycles. The summed E-state index contributed by atoms with van der Waals surface area (Å²) in [6.45, 7) is 4.50. The molecule has 4 bridgehead atoms. The Bertz CT molecular complexity index is 377. The molecule has 0 spiro atoms. The van der Waals surface area contributed by atoms with E-state index in [9.17, 15) is 4.79 Å². The van der Waals surface area contributed by atoms with Crippen LogP contribution in [-0.2, 0) is 19.0 Å². The van der Waals surface area contributed by atoms with Crippen LogP contribution in [0.5, 0.6) is 0 Å². The van der Waals surface area contributed by atoms with Crippen molar-refractivity contribution in [2.75, 3.05) is 6.61 Å². The Morgan fingerprint density at radius 2 is 1.74 bits per heavy atom. The number of esters is 1. The number of hydrogen-bond acceptors (Lipinski definition) is 4. The van der Waals surface area contributed by atoms with Gasteiger partial charge < -0.3 is 14.2 Å². The Morgan fingerprint density at radius 3 is 2.26 bits per heavy atom. The summed E-state index contributed by atoms with van der Waals surface area (Å²) in [6.07, 6.45) is 10.4. The van der Waals surface area contributed by atoms with E-state index in [0.717, 1.165) is 32.1 Å². The monoisotopic (exact) mass is 324 g/mol. The van der Waals surface area contributed by atoms with E-state index in [4.69, 9.17) is 14.2 Å². The van der Waals surface area contributed by atoms with Gasteiger partial charge in [-0.1, -0.05) is 19.8 Å². The van der Waals surface area contributed by atoms with E-state index in [2.05, 4.69) is 6.92 Å². The maximum absolute atomic E-state index is 12.1. The molecule has 0 N–H and O–H groups in total. The highest BCUT2D eigenvalue weighted by Gasteiger charge is 2.47. The number of rotatable bonds is 8. The minimum Gasteiger partial charge on any atom is -0.466 e. The van der Waals surface area contributed by atoms with Crippen LogP contribution in [-0.4, -0.2) is 31.1 Å². The fourth-order valence-electron chi connectivity index (χ4n) is 4.64. The van der Waals surface area contributed by atoms with Crippen molar-refractivity contribution in [3.8, 4) is 0 Å². The van der Waals surface area contributed by atoms with E-state index >= 15 is 0 Å². The summed E-state index contributed by atoms with van der Waals surface area (Å²) in [4.78, 5) is 12.1. The van der Waals surface area contributed by atoms with Crippen molar-refractivity contribution in [2.24, 2.45) is 17.8 Å². The van der Waals surface area contributed by atoms with Gasteiger partial charge in [-0.25, -0.2) is 0 Å². The van der Waals surface area contributed by atoms with Crippen LogP contribution in [0, 0.1) is 17.8 Å². The standard InChI is InChI=1S/C19H32O4/c1-3-5-6-13(19(20)21-4-2)9-10-18-22-16-12-15-8-7-14(16)11-17(15)23-18/h13-18H,3-12H2,1-2H3. The van der Waals surface area contributed by atoms with Gasteiger partial charge in [0.2, 0.25) is 0 Å². The van der Waals surface area contributed by atoms with Crippen molar-refractivity contribution in [1.29, 1.82) is 0 Å². The molecule has 5 unspecified atom stereocenters. The van der Waals surface area contributed by atoms with Gasteiger partial charge in [0.15, 0.2) is 6.29 Å². The van der Waals surface area contributed by atoms with E-state index in [0.29, 0.717) is 30.7 Å². The summed E-state index contributed by atoms with van der Waals surface area (Å²) in [5.41, 5.74) is 0. The maximum atomic E-state index is 12.1. The predicted molar refractivity (Wildman–Crippen MR) is 87.9 cm³/mol. The fraction of sp³-hybridized carbons (Fsp3) is 0.947. The Labute approximate surface area is 140 Å². The minimum atomic E-state index is -0.114. The Morgan fingerprint density at radius 1 is 1.09 bits per heavy atom. The second-order valence-electron chi connectivity index (χ2n) is 7.52. The Hall–Kier alpha value is -0.610. The van der Waals surface area contributed by atoms with Gasteiger partial charge in [0.25, 0.3) is 0 Å². The number of carbonyl (C=O) groups excluding carboxylic acids is 1. The van der Waals surface area contributed by atoms with Crippen LogP contribution in [0.4, 0.5) is 0 Å². The molecule has 2 heterocycles. The largest absolute Gasteiger partial charge is 0.466 e. The zero-order valence-electron chi connectivity index (χ0n) is 14.7. The third kappa shape index (κ3) is 4.08. The zero-order chi connectivity index (χ0) is 16.2. The number of fused-ring (bicyclic) bond motifs is 3. The summed E-state index contributed by atoms with van der Waals surface area (Å²) in [7, 11) is 0. The number of ether oxygens (including phenoxy) is 3. The molecule has 23 heavy (non-hydrogen) atoms. The number of unbranched alkanes of at least 4 members (excludes halogenated alkanes) is 1. The highest BCUT2D eigenvalue weighted by molar-refractivity contribution is 5.72. The van der Waals surface area contributed by atoms with Crippen LogP contribution in [0.15, 0.2) is 0 Å². The summed E-state index contributed by atoms with van der Waals surface area (Å²) < 4.78 is 17.8. The summed E-state index contributed by atoms with van der Waals surface area (Å²) in [5, 5.41) is 0. The first kappa shape index (κ1) is 17.2. The normalized spacial score (nSPS) is 36.7. The van der Waals surface area contributed by atoms with E-state index < -0.39 is 0 Å². The third-order valence-corrected chi connectivity index (χ3v) is 5.96. The van der Waals surface area contributed by atoms with Gasteiger partial charge in [0.05, 0.1) is 24.7 Å². The molecule has 2 aliphatic heterocycles. The molecule has 4 nitrogen and oxygen atoms in total. The summed E-state index contributed by atoms with van der Waals surface area (Å²) >= 11 is 0. The highest BCUT2D eigenvalue weighted by atomic mass is 16.7. The second-order valence-corrected chi connectivity index (χ2v) is 7.52. The van der Waals surface area contributed by atoms with Crippen LogP contribution < -0.4 is 0 Å². The van der Waals surface area contributed by atoms with Crippen LogP contribution in [0.1, 0.15) is 71.6 Å². The number of carbonyl (C=O) groups is 1. The smallest absolute Gasteiger partial charge is 0.308 e. The van der Waals surface area contributed by atoms with Crippen molar-refractivity contribution >= 4 is 5.97 Å². The van der Waals surface area contributed by atoms with Crippen LogP contribution >= 0.6 is 0 Å². The highest BCUT2D eigenvalue weighted by Crippen LogP contribution is 2.47. The maximum Gasteiger partial charge on any atom is 0.308 e. The van der Waals surface area contributed by atoms with Gasteiger partial charge in [-0.3, -0.25) is 4.79 Å². The van der Waals surface area contributed by atoms with Gasteiger partial charge in [-0.05, 0) is 63.7 Å². The van der Waals surface area contributed by atoms with Crippen LogP contribution in [0.25, 0.3) is 0 Å². The lowest BCUT2D eigenvalue weighted by Crippen LogP contribution is -2.42. The van der Waals surface area contributed by atoms with Crippen molar-refractivity contribution in [1.82, 2.24) is 0 Å². The molecular formula is C19H32O4. The molecular weight excluding hydrogens is 292 g/mol. The van der Waals surface area contributed by atoms with Gasteiger partial charge in [0.1, 0.15) is 0 Å². The van der Waals surface area contributed by atoms with Crippen molar-refractivity contribution in [3.63, 3.8) is 0 Å². The van der Waals surface area contributed by atoms with Gasteiger partial charge in [-0.2, -0.15) is 0 Å². The quantitative estimate of drug-likeness (QED) is 0.631. The first-order chi connectivity index (χ1) is 11.2. The number of hydrogen-bond donors (Lipinski definition) is 0. The van der Waals surface area contributed by atoms with Crippen LogP contribution in [0.2, 0.25) is 0 Å². The molecule has 2 saturated heterocycles. The van der Waals surface area contributed by atoms with Crippen molar-refractivity contribution in [3.05, 3.63) is 0 Å². The molecule has 4 heteroatoms. The fourth-order valence-corrected chi connectivity index (χ4v) is 4.64. The third-order valence-electron chi connectivity index (χ3n) is 5.96. The molecule has 3 saturated carbocycles. The van der Waals surface area contributed by atoms with E-state index in [1.54, 1.807) is 0 Å². The molecule has 5 aliphatic rings. The molecule has 3 aliphatic carbocycles. The Kier molecular flexibility index (Phi) is 5.97. The second kappa shape index (κ2) is 7.98. The molecule has 0 amide bonds. The molecule has 132 valence electrons. The van der Waals surface area contributed by atoms with E-state index in [1.165, 1.54) is 25.7 Å². The average Bonchev–Trinajstić information content (AvgIpc) is 2.81. The lowest BCUT2D eigenvalue weighted by molar-refractivity contribution is -0.167. The topological polar surface area (TPSA) is 44.8 Å². The molecule has 0 aromatic rings. The minimum absolute atomic E-state index is 0.000252. The van der Waals surface area contributed by atoms with Crippen molar-refractivity contribution < 1.29 is 19.0 Å².